The summed E-state index contributed by atoms with van der Waals surface area (Å²) in [5.74, 6) is -0.220. The van der Waals surface area contributed by atoms with Crippen molar-refractivity contribution in [3.63, 3.8) is 0 Å². The smallest absolute Gasteiger partial charge is 0.237 e. The number of rotatable bonds is 7. The molecule has 4 aromatic rings. The van der Waals surface area contributed by atoms with E-state index in [1.165, 1.54) is 5.56 Å². The summed E-state index contributed by atoms with van der Waals surface area (Å²) in [6, 6.07) is 17.7. The molecule has 2 atom stereocenters. The lowest BCUT2D eigenvalue weighted by molar-refractivity contribution is -0.123. The van der Waals surface area contributed by atoms with Crippen molar-refractivity contribution in [1.82, 2.24) is 14.8 Å². The summed E-state index contributed by atoms with van der Waals surface area (Å²) in [6.45, 7) is 6.74. The minimum atomic E-state index is -0.743. The van der Waals surface area contributed by atoms with Crippen LogP contribution in [0.2, 0.25) is 0 Å². The Hall–Kier alpha value is -3.97. The molecule has 2 aromatic heterocycles. The molecule has 1 aliphatic carbocycles. The Bertz CT molecular complexity index is 1430. The second kappa shape index (κ2) is 10.8. The van der Waals surface area contributed by atoms with Crippen LogP contribution in [-0.4, -0.2) is 37.0 Å². The summed E-state index contributed by atoms with van der Waals surface area (Å²) in [7, 11) is 0. The molecule has 2 aromatic carbocycles. The number of benzene rings is 2. The van der Waals surface area contributed by atoms with Crippen LogP contribution in [0.5, 0.6) is 5.75 Å². The topological polar surface area (TPSA) is 91.5 Å². The van der Waals surface area contributed by atoms with E-state index in [1.54, 1.807) is 28.0 Å². The maximum absolute atomic E-state index is 14.2. The fourth-order valence-corrected chi connectivity index (χ4v) is 5.18. The number of aromatic nitrogens is 3. The number of hydrogen-bond donors (Lipinski definition) is 2. The molecule has 196 valence electrons. The second-order valence-corrected chi connectivity index (χ2v) is 10.4. The highest BCUT2D eigenvalue weighted by atomic mass is 16.3. The minimum Gasteiger partial charge on any atom is -0.506 e. The van der Waals surface area contributed by atoms with Gasteiger partial charge in [0.1, 0.15) is 11.4 Å². The Morgan fingerprint density at radius 2 is 1.89 bits per heavy atom. The molecule has 1 aliphatic rings. The quantitative estimate of drug-likeness (QED) is 0.361. The van der Waals surface area contributed by atoms with Gasteiger partial charge in [-0.2, -0.15) is 5.10 Å². The van der Waals surface area contributed by atoms with Crippen LogP contribution in [0.15, 0.2) is 73.2 Å². The molecule has 0 fully saturated rings. The van der Waals surface area contributed by atoms with Gasteiger partial charge in [0.15, 0.2) is 0 Å². The molecule has 0 saturated carbocycles. The average molecular weight is 511 g/mol. The van der Waals surface area contributed by atoms with Crippen LogP contribution in [0.1, 0.15) is 65.6 Å². The molecule has 2 N–H and O–H groups in total. The number of hydrogen-bond acceptors (Lipinski definition) is 5. The van der Waals surface area contributed by atoms with Crippen LogP contribution < -0.4 is 4.90 Å². The Kier molecular flexibility index (Phi) is 7.29. The van der Waals surface area contributed by atoms with Gasteiger partial charge in [-0.25, -0.2) is 0 Å². The fraction of sp³-hybridized carbons (Fsp3) is 0.323. The van der Waals surface area contributed by atoms with E-state index in [0.717, 1.165) is 34.4 Å². The third-order valence-corrected chi connectivity index (χ3v) is 7.43. The summed E-state index contributed by atoms with van der Waals surface area (Å²) in [5.41, 5.74) is 6.13. The first kappa shape index (κ1) is 25.7. The maximum atomic E-state index is 14.2. The SMILES string of the molecule is Cc1ccnc(Cn2cc(CN(C(=O)C3c4ccccc4CCC3O)c3ccc(C(C)C)cc3)cn2)c1O. The van der Waals surface area contributed by atoms with Gasteiger partial charge < -0.3 is 15.1 Å². The first-order valence-corrected chi connectivity index (χ1v) is 13.1. The summed E-state index contributed by atoms with van der Waals surface area (Å²) >= 11 is 0. The number of anilines is 1. The molecule has 2 heterocycles. The van der Waals surface area contributed by atoms with Crippen LogP contribution in [0.25, 0.3) is 0 Å². The second-order valence-electron chi connectivity index (χ2n) is 10.4. The molecule has 7 nitrogen and oxygen atoms in total. The van der Waals surface area contributed by atoms with Crippen molar-refractivity contribution < 1.29 is 15.0 Å². The Morgan fingerprint density at radius 3 is 2.66 bits per heavy atom. The van der Waals surface area contributed by atoms with Gasteiger partial charge in [0.25, 0.3) is 0 Å². The van der Waals surface area contributed by atoms with E-state index in [4.69, 9.17) is 0 Å². The number of aromatic hydroxyl groups is 1. The van der Waals surface area contributed by atoms with Crippen molar-refractivity contribution in [1.29, 1.82) is 0 Å². The number of carbonyl (C=O) groups excluding carboxylic acids is 1. The van der Waals surface area contributed by atoms with Gasteiger partial charge in [0.05, 0.1) is 31.3 Å². The molecule has 0 saturated heterocycles. The number of aliphatic hydroxyl groups is 1. The molecular formula is C31H34N4O3. The number of aliphatic hydroxyl groups excluding tert-OH is 1. The molecule has 0 spiro atoms. The third-order valence-electron chi connectivity index (χ3n) is 7.43. The molecular weight excluding hydrogens is 476 g/mol. The van der Waals surface area contributed by atoms with Crippen LogP contribution in [-0.2, 0) is 24.3 Å². The molecule has 7 heteroatoms. The zero-order valence-electron chi connectivity index (χ0n) is 22.1. The van der Waals surface area contributed by atoms with Gasteiger partial charge >= 0.3 is 0 Å². The van der Waals surface area contributed by atoms with E-state index in [2.05, 4.69) is 36.1 Å². The van der Waals surface area contributed by atoms with Crippen molar-refractivity contribution in [2.75, 3.05) is 4.90 Å². The van der Waals surface area contributed by atoms with Crippen molar-refractivity contribution in [2.24, 2.45) is 0 Å². The van der Waals surface area contributed by atoms with Crippen molar-refractivity contribution in [3.05, 3.63) is 107 Å². The number of fused-ring (bicyclic) bond motifs is 1. The number of carbonyl (C=O) groups is 1. The molecule has 2 unspecified atom stereocenters. The first-order valence-electron chi connectivity index (χ1n) is 13.1. The van der Waals surface area contributed by atoms with Crippen LogP contribution in [0, 0.1) is 6.92 Å². The average Bonchev–Trinajstić information content (AvgIpc) is 3.36. The number of amides is 1. The van der Waals surface area contributed by atoms with Crippen LogP contribution in [0.4, 0.5) is 5.69 Å². The number of nitrogens with zero attached hydrogens (tertiary/aromatic N) is 4. The lowest BCUT2D eigenvalue weighted by Crippen LogP contribution is -2.41. The van der Waals surface area contributed by atoms with E-state index in [9.17, 15) is 15.0 Å². The highest BCUT2D eigenvalue weighted by Gasteiger charge is 2.37. The summed E-state index contributed by atoms with van der Waals surface area (Å²) in [5, 5.41) is 25.8. The van der Waals surface area contributed by atoms with Gasteiger partial charge in [0, 0.05) is 23.6 Å². The Labute approximate surface area is 223 Å². The maximum Gasteiger partial charge on any atom is 0.237 e. The molecule has 38 heavy (non-hydrogen) atoms. The largest absolute Gasteiger partial charge is 0.506 e. The molecule has 0 radical (unpaired) electrons. The molecule has 0 bridgehead atoms. The van der Waals surface area contributed by atoms with E-state index < -0.39 is 12.0 Å². The predicted octanol–water partition coefficient (Wildman–Crippen LogP) is 5.09. The standard InChI is InChI=1S/C31H34N4O3/c1-20(2)23-8-11-25(12-9-23)35(31(38)29-26-7-5-4-6-24(26)10-13-28(29)36)18-22-16-33-34(17-22)19-27-30(37)21(3)14-15-32-27/h4-9,11-12,14-17,20,28-29,36-37H,10,13,18-19H2,1-3H3. The predicted molar refractivity (Wildman–Crippen MR) is 147 cm³/mol. The normalized spacial score (nSPS) is 16.9. The third kappa shape index (κ3) is 5.20. The van der Waals surface area contributed by atoms with E-state index in [-0.39, 0.29) is 11.7 Å². The van der Waals surface area contributed by atoms with E-state index >= 15 is 0 Å². The van der Waals surface area contributed by atoms with Crippen LogP contribution in [0.3, 0.4) is 0 Å². The van der Waals surface area contributed by atoms with Gasteiger partial charge in [-0.05, 0) is 66.1 Å². The molecule has 5 rings (SSSR count). The lowest BCUT2D eigenvalue weighted by Gasteiger charge is -2.34. The highest BCUT2D eigenvalue weighted by molar-refractivity contribution is 5.99. The minimum absolute atomic E-state index is 0.132. The molecule has 0 aliphatic heterocycles. The van der Waals surface area contributed by atoms with Crippen molar-refractivity contribution in [2.45, 2.75) is 64.6 Å². The summed E-state index contributed by atoms with van der Waals surface area (Å²) in [4.78, 5) is 20.2. The Morgan fingerprint density at radius 1 is 1.13 bits per heavy atom. The summed E-state index contributed by atoms with van der Waals surface area (Å²) < 4.78 is 1.71. The molecule has 1 amide bonds. The fourth-order valence-electron chi connectivity index (χ4n) is 5.18. The lowest BCUT2D eigenvalue weighted by atomic mass is 9.80. The van der Waals surface area contributed by atoms with Gasteiger partial charge in [-0.3, -0.25) is 14.5 Å². The highest BCUT2D eigenvalue weighted by Crippen LogP contribution is 2.35. The zero-order valence-corrected chi connectivity index (χ0v) is 22.1. The Balaban J connectivity index is 1.46. The van der Waals surface area contributed by atoms with Gasteiger partial charge in [0.2, 0.25) is 5.91 Å². The van der Waals surface area contributed by atoms with Gasteiger partial charge in [-0.1, -0.05) is 50.2 Å². The number of pyridine rings is 1. The number of aryl methyl sites for hydroxylation is 2. The van der Waals surface area contributed by atoms with E-state index in [0.29, 0.717) is 31.1 Å². The van der Waals surface area contributed by atoms with Crippen molar-refractivity contribution in [3.8, 4) is 5.75 Å². The summed E-state index contributed by atoms with van der Waals surface area (Å²) in [6.07, 6.45) is 5.85. The van der Waals surface area contributed by atoms with Crippen LogP contribution >= 0.6 is 0 Å². The van der Waals surface area contributed by atoms with Gasteiger partial charge in [-0.15, -0.1) is 0 Å². The first-order chi connectivity index (χ1) is 18.3. The van der Waals surface area contributed by atoms with E-state index in [1.807, 2.05) is 49.5 Å². The zero-order chi connectivity index (χ0) is 26.8. The monoisotopic (exact) mass is 510 g/mol. The van der Waals surface area contributed by atoms with Crippen molar-refractivity contribution >= 4 is 11.6 Å².